The number of hydrogen-bond acceptors (Lipinski definition) is 1. The number of hydrogen-bond donors (Lipinski definition) is 1. The van der Waals surface area contributed by atoms with Crippen molar-refractivity contribution in [2.75, 3.05) is 5.32 Å². The largest absolute Gasteiger partial charge is 0.381 e. The van der Waals surface area contributed by atoms with Gasteiger partial charge >= 0.3 is 0 Å². The molecule has 0 fully saturated rings. The average molecular weight is 280 g/mol. The molecule has 2 aromatic rings. The Kier molecular flexibility index (Phi) is 4.15. The molecule has 0 aliphatic carbocycles. The normalized spacial score (nSPS) is 10.4. The fourth-order valence-corrected chi connectivity index (χ4v) is 2.33. The molecule has 0 spiro atoms. The van der Waals surface area contributed by atoms with Gasteiger partial charge in [0.25, 0.3) is 0 Å². The van der Waals surface area contributed by atoms with E-state index in [0.717, 1.165) is 16.3 Å². The van der Waals surface area contributed by atoms with Crippen LogP contribution in [0.15, 0.2) is 36.4 Å². The van der Waals surface area contributed by atoms with E-state index in [2.05, 4.69) is 37.4 Å². The lowest BCUT2D eigenvalue weighted by atomic mass is 10.1. The summed E-state index contributed by atoms with van der Waals surface area (Å²) < 4.78 is 0. The Morgan fingerprint density at radius 3 is 2.28 bits per heavy atom. The highest BCUT2D eigenvalue weighted by atomic mass is 35.5. The van der Waals surface area contributed by atoms with Crippen LogP contribution in [0, 0.1) is 13.8 Å². The van der Waals surface area contributed by atoms with Gasteiger partial charge in [-0.25, -0.2) is 0 Å². The highest BCUT2D eigenvalue weighted by Crippen LogP contribution is 2.22. The van der Waals surface area contributed by atoms with Crippen molar-refractivity contribution in [1.82, 2.24) is 0 Å². The summed E-state index contributed by atoms with van der Waals surface area (Å²) >= 11 is 12.1. The number of nitrogens with one attached hydrogen (secondary N) is 1. The van der Waals surface area contributed by atoms with Crippen LogP contribution in [0.5, 0.6) is 0 Å². The zero-order chi connectivity index (χ0) is 13.1. The van der Waals surface area contributed by atoms with Crippen LogP contribution in [-0.4, -0.2) is 0 Å². The summed E-state index contributed by atoms with van der Waals surface area (Å²) in [5, 5.41) is 4.81. The Balaban J connectivity index is 2.13. The molecule has 0 bridgehead atoms. The van der Waals surface area contributed by atoms with Crippen LogP contribution >= 0.6 is 23.2 Å². The third kappa shape index (κ3) is 3.41. The van der Waals surface area contributed by atoms with E-state index < -0.39 is 0 Å². The molecular formula is C15H15Cl2N. The Morgan fingerprint density at radius 2 is 1.61 bits per heavy atom. The van der Waals surface area contributed by atoms with Gasteiger partial charge in [0, 0.05) is 22.3 Å². The van der Waals surface area contributed by atoms with Gasteiger partial charge in [0.1, 0.15) is 0 Å². The zero-order valence-corrected chi connectivity index (χ0v) is 11.9. The van der Waals surface area contributed by atoms with E-state index >= 15 is 0 Å². The van der Waals surface area contributed by atoms with Crippen LogP contribution in [0.2, 0.25) is 10.0 Å². The molecule has 0 saturated carbocycles. The SMILES string of the molecule is Cc1cc(C)cc(NCc2cc(Cl)ccc2Cl)c1. The van der Waals surface area contributed by atoms with Crippen molar-refractivity contribution >= 4 is 28.9 Å². The number of benzene rings is 2. The molecule has 0 aliphatic heterocycles. The van der Waals surface area contributed by atoms with Crippen molar-refractivity contribution in [2.45, 2.75) is 20.4 Å². The molecule has 18 heavy (non-hydrogen) atoms. The van der Waals surface area contributed by atoms with Crippen LogP contribution in [0.4, 0.5) is 5.69 Å². The fourth-order valence-electron chi connectivity index (χ4n) is 1.95. The van der Waals surface area contributed by atoms with E-state index in [9.17, 15) is 0 Å². The highest BCUT2D eigenvalue weighted by Gasteiger charge is 2.02. The van der Waals surface area contributed by atoms with Crippen molar-refractivity contribution in [3.63, 3.8) is 0 Å². The maximum absolute atomic E-state index is 6.13. The second-order valence-corrected chi connectivity index (χ2v) is 5.31. The van der Waals surface area contributed by atoms with Gasteiger partial charge in [-0.05, 0) is 60.9 Å². The third-order valence-electron chi connectivity index (χ3n) is 2.71. The summed E-state index contributed by atoms with van der Waals surface area (Å²) in [6, 6.07) is 11.9. The van der Waals surface area contributed by atoms with Gasteiger partial charge in [-0.15, -0.1) is 0 Å². The van der Waals surface area contributed by atoms with Gasteiger partial charge in [-0.2, -0.15) is 0 Å². The molecule has 3 heteroatoms. The minimum atomic E-state index is 0.669. The quantitative estimate of drug-likeness (QED) is 0.812. The molecule has 0 radical (unpaired) electrons. The molecule has 1 N–H and O–H groups in total. The standard InChI is InChI=1S/C15H15Cl2N/c1-10-5-11(2)7-14(6-10)18-9-12-8-13(16)3-4-15(12)17/h3-8,18H,9H2,1-2H3. The molecule has 2 rings (SSSR count). The first-order valence-corrected chi connectivity index (χ1v) is 6.56. The summed E-state index contributed by atoms with van der Waals surface area (Å²) in [7, 11) is 0. The lowest BCUT2D eigenvalue weighted by Gasteiger charge is -2.10. The molecule has 1 nitrogen and oxygen atoms in total. The van der Waals surface area contributed by atoms with Crippen LogP contribution < -0.4 is 5.32 Å². The van der Waals surface area contributed by atoms with Crippen LogP contribution in [-0.2, 0) is 6.54 Å². The Bertz CT molecular complexity index is 544. The Hall–Kier alpha value is -1.18. The van der Waals surface area contributed by atoms with Gasteiger partial charge in [0.2, 0.25) is 0 Å². The molecule has 0 aromatic heterocycles. The predicted octanol–water partition coefficient (Wildman–Crippen LogP) is 5.22. The minimum Gasteiger partial charge on any atom is -0.381 e. The number of aryl methyl sites for hydroxylation is 2. The van der Waals surface area contributed by atoms with Gasteiger partial charge in [-0.3, -0.25) is 0 Å². The monoisotopic (exact) mass is 279 g/mol. The average Bonchev–Trinajstić information content (AvgIpc) is 2.29. The van der Waals surface area contributed by atoms with Crippen molar-refractivity contribution in [3.8, 4) is 0 Å². The number of halogens is 2. The molecule has 0 aliphatic rings. The summed E-state index contributed by atoms with van der Waals surface area (Å²) in [6.07, 6.45) is 0. The van der Waals surface area contributed by atoms with Crippen molar-refractivity contribution in [1.29, 1.82) is 0 Å². The summed E-state index contributed by atoms with van der Waals surface area (Å²) in [6.45, 7) is 4.84. The summed E-state index contributed by atoms with van der Waals surface area (Å²) in [5.74, 6) is 0. The first-order chi connectivity index (χ1) is 8.54. The maximum Gasteiger partial charge on any atom is 0.0456 e. The molecule has 0 amide bonds. The third-order valence-corrected chi connectivity index (χ3v) is 3.32. The first kappa shape index (κ1) is 13.3. The summed E-state index contributed by atoms with van der Waals surface area (Å²) in [5.41, 5.74) is 4.59. The topological polar surface area (TPSA) is 12.0 Å². The van der Waals surface area contributed by atoms with E-state index in [1.807, 2.05) is 12.1 Å². The molecule has 0 heterocycles. The van der Waals surface area contributed by atoms with E-state index in [0.29, 0.717) is 11.6 Å². The van der Waals surface area contributed by atoms with Gasteiger partial charge in [0.15, 0.2) is 0 Å². The van der Waals surface area contributed by atoms with Gasteiger partial charge in [-0.1, -0.05) is 29.3 Å². The Labute approximate surface area is 118 Å². The van der Waals surface area contributed by atoms with E-state index in [1.54, 1.807) is 6.07 Å². The predicted molar refractivity (Wildman–Crippen MR) is 79.7 cm³/mol. The number of rotatable bonds is 3. The second kappa shape index (κ2) is 5.64. The Morgan fingerprint density at radius 1 is 0.944 bits per heavy atom. The lowest BCUT2D eigenvalue weighted by molar-refractivity contribution is 1.14. The van der Waals surface area contributed by atoms with E-state index in [-0.39, 0.29) is 0 Å². The maximum atomic E-state index is 6.13. The minimum absolute atomic E-state index is 0.669. The van der Waals surface area contributed by atoms with Crippen LogP contribution in [0.1, 0.15) is 16.7 Å². The van der Waals surface area contributed by atoms with Gasteiger partial charge < -0.3 is 5.32 Å². The molecule has 94 valence electrons. The lowest BCUT2D eigenvalue weighted by Crippen LogP contribution is -2.00. The first-order valence-electron chi connectivity index (χ1n) is 5.81. The van der Waals surface area contributed by atoms with E-state index in [1.165, 1.54) is 11.1 Å². The van der Waals surface area contributed by atoms with Crippen molar-refractivity contribution < 1.29 is 0 Å². The zero-order valence-electron chi connectivity index (χ0n) is 10.4. The van der Waals surface area contributed by atoms with Crippen molar-refractivity contribution in [3.05, 3.63) is 63.1 Å². The van der Waals surface area contributed by atoms with Crippen molar-refractivity contribution in [2.24, 2.45) is 0 Å². The molecule has 0 unspecified atom stereocenters. The molecular weight excluding hydrogens is 265 g/mol. The number of anilines is 1. The van der Waals surface area contributed by atoms with Crippen LogP contribution in [0.25, 0.3) is 0 Å². The molecule has 0 saturated heterocycles. The fraction of sp³-hybridized carbons (Fsp3) is 0.200. The smallest absolute Gasteiger partial charge is 0.0456 e. The molecule has 0 atom stereocenters. The summed E-state index contributed by atoms with van der Waals surface area (Å²) in [4.78, 5) is 0. The molecule has 2 aromatic carbocycles. The van der Waals surface area contributed by atoms with Gasteiger partial charge in [0.05, 0.1) is 0 Å². The second-order valence-electron chi connectivity index (χ2n) is 4.47. The van der Waals surface area contributed by atoms with Crippen LogP contribution in [0.3, 0.4) is 0 Å². The van der Waals surface area contributed by atoms with E-state index in [4.69, 9.17) is 23.2 Å². The highest BCUT2D eigenvalue weighted by molar-refractivity contribution is 6.33.